The number of esters is 1. The van der Waals surface area contributed by atoms with Crippen molar-refractivity contribution in [2.24, 2.45) is 0 Å². The number of nitrogens with zero attached hydrogens (tertiary/aromatic N) is 4. The summed E-state index contributed by atoms with van der Waals surface area (Å²) >= 11 is 0.978. The van der Waals surface area contributed by atoms with Gasteiger partial charge in [0.2, 0.25) is 17.6 Å². The van der Waals surface area contributed by atoms with Gasteiger partial charge in [0.05, 0.1) is 19.2 Å². The summed E-state index contributed by atoms with van der Waals surface area (Å²) in [5.74, 6) is -2.13. The third kappa shape index (κ3) is 6.26. The Balaban J connectivity index is 1.73. The molecule has 2 amide bonds. The highest BCUT2D eigenvalue weighted by Crippen LogP contribution is 2.26. The van der Waals surface area contributed by atoms with Crippen LogP contribution in [0.25, 0.3) is 11.4 Å². The summed E-state index contributed by atoms with van der Waals surface area (Å²) in [5.41, 5.74) is 1.18. The van der Waals surface area contributed by atoms with Crippen molar-refractivity contribution in [3.63, 3.8) is 0 Å². The van der Waals surface area contributed by atoms with E-state index in [2.05, 4.69) is 20.4 Å². The first-order valence-corrected chi connectivity index (χ1v) is 11.2. The Kier molecular flexibility index (Phi) is 7.91. The van der Waals surface area contributed by atoms with Crippen LogP contribution in [0.1, 0.15) is 44.5 Å². The topological polar surface area (TPSA) is 165 Å². The molecule has 1 aromatic carbocycles. The summed E-state index contributed by atoms with van der Waals surface area (Å²) in [4.78, 5) is 58.7. The van der Waals surface area contributed by atoms with Crippen LogP contribution in [0.2, 0.25) is 0 Å². The minimum absolute atomic E-state index is 0.236. The number of carboxylic acids is 1. The minimum atomic E-state index is -1.18. The maximum absolute atomic E-state index is 12.9. The SMILES string of the molecule is COC(=O)c1sc(N(C)C(=O)C[C@@H](CC(=O)O)NC(=O)c2cccc(-c3noc(C)n3)c2)nc1C. The molecule has 0 spiro atoms. The van der Waals surface area contributed by atoms with Gasteiger partial charge in [0, 0.05) is 37.6 Å². The van der Waals surface area contributed by atoms with E-state index in [0.717, 1.165) is 11.3 Å². The fourth-order valence-electron chi connectivity index (χ4n) is 3.13. The number of carbonyl (C=O) groups excluding carboxylic acids is 3. The van der Waals surface area contributed by atoms with Gasteiger partial charge in [-0.2, -0.15) is 4.98 Å². The van der Waals surface area contributed by atoms with Crippen molar-refractivity contribution in [1.29, 1.82) is 0 Å². The summed E-state index contributed by atoms with van der Waals surface area (Å²) in [6, 6.07) is 5.42. The largest absolute Gasteiger partial charge is 0.481 e. The monoisotopic (exact) mass is 501 g/mol. The lowest BCUT2D eigenvalue weighted by Crippen LogP contribution is -2.41. The molecule has 0 bridgehead atoms. The smallest absolute Gasteiger partial charge is 0.350 e. The van der Waals surface area contributed by atoms with E-state index in [1.807, 2.05) is 0 Å². The van der Waals surface area contributed by atoms with Crippen LogP contribution >= 0.6 is 11.3 Å². The highest BCUT2D eigenvalue weighted by molar-refractivity contribution is 7.17. The Bertz CT molecular complexity index is 1270. The number of benzene rings is 1. The molecule has 2 aromatic heterocycles. The molecule has 0 fully saturated rings. The summed E-state index contributed by atoms with van der Waals surface area (Å²) < 4.78 is 9.66. The highest BCUT2D eigenvalue weighted by atomic mass is 32.1. The number of ether oxygens (including phenoxy) is 1. The second-order valence-corrected chi connectivity index (χ2v) is 8.52. The lowest BCUT2D eigenvalue weighted by molar-refractivity contribution is -0.137. The predicted octanol–water partition coefficient (Wildman–Crippen LogP) is 2.22. The average molecular weight is 502 g/mol. The van der Waals surface area contributed by atoms with E-state index in [9.17, 15) is 24.3 Å². The van der Waals surface area contributed by atoms with Crippen molar-refractivity contribution in [2.75, 3.05) is 19.1 Å². The number of aliphatic carboxylic acids is 1. The van der Waals surface area contributed by atoms with Crippen molar-refractivity contribution in [3.8, 4) is 11.4 Å². The predicted molar refractivity (Wildman–Crippen MR) is 124 cm³/mol. The van der Waals surface area contributed by atoms with Crippen LogP contribution < -0.4 is 10.2 Å². The molecule has 35 heavy (non-hydrogen) atoms. The van der Waals surface area contributed by atoms with Crippen LogP contribution in [0.4, 0.5) is 5.13 Å². The van der Waals surface area contributed by atoms with Gasteiger partial charge in [0.1, 0.15) is 4.88 Å². The molecule has 0 aliphatic rings. The molecule has 184 valence electrons. The zero-order valence-electron chi connectivity index (χ0n) is 19.4. The highest BCUT2D eigenvalue weighted by Gasteiger charge is 2.26. The second kappa shape index (κ2) is 10.9. The Morgan fingerprint density at radius 3 is 2.57 bits per heavy atom. The van der Waals surface area contributed by atoms with E-state index in [4.69, 9.17) is 9.26 Å². The normalized spacial score (nSPS) is 11.5. The fourth-order valence-corrected chi connectivity index (χ4v) is 4.10. The number of hydrogen-bond donors (Lipinski definition) is 2. The van der Waals surface area contributed by atoms with Crippen LogP contribution in [0.3, 0.4) is 0 Å². The molecule has 12 nitrogen and oxygen atoms in total. The van der Waals surface area contributed by atoms with Gasteiger partial charge >= 0.3 is 11.9 Å². The molecule has 2 heterocycles. The number of carbonyl (C=O) groups is 4. The number of thiazole rings is 1. The lowest BCUT2D eigenvalue weighted by atomic mass is 10.1. The Labute approximate surface area is 203 Å². The number of aromatic nitrogens is 3. The molecule has 0 unspecified atom stereocenters. The lowest BCUT2D eigenvalue weighted by Gasteiger charge is -2.20. The Morgan fingerprint density at radius 1 is 1.20 bits per heavy atom. The quantitative estimate of drug-likeness (QED) is 0.415. The van der Waals surface area contributed by atoms with Crippen molar-refractivity contribution >= 4 is 40.2 Å². The summed E-state index contributed by atoms with van der Waals surface area (Å²) in [6.45, 7) is 3.25. The van der Waals surface area contributed by atoms with E-state index in [-0.39, 0.29) is 22.0 Å². The van der Waals surface area contributed by atoms with E-state index in [1.54, 1.807) is 32.0 Å². The fraction of sp³-hybridized carbons (Fsp3) is 0.318. The van der Waals surface area contributed by atoms with E-state index < -0.39 is 36.2 Å². The van der Waals surface area contributed by atoms with Crippen molar-refractivity contribution in [2.45, 2.75) is 32.7 Å². The molecule has 2 N–H and O–H groups in total. The van der Waals surface area contributed by atoms with Crippen LogP contribution in [-0.2, 0) is 14.3 Å². The first-order chi connectivity index (χ1) is 16.6. The van der Waals surface area contributed by atoms with Gasteiger partial charge in [-0.3, -0.25) is 19.3 Å². The maximum Gasteiger partial charge on any atom is 0.350 e. The maximum atomic E-state index is 12.9. The third-order valence-electron chi connectivity index (χ3n) is 4.90. The van der Waals surface area contributed by atoms with Crippen molar-refractivity contribution < 1.29 is 33.5 Å². The van der Waals surface area contributed by atoms with Crippen LogP contribution in [0, 0.1) is 13.8 Å². The number of amides is 2. The van der Waals surface area contributed by atoms with Crippen LogP contribution in [0.5, 0.6) is 0 Å². The first kappa shape index (κ1) is 25.5. The van der Waals surface area contributed by atoms with Crippen LogP contribution in [0.15, 0.2) is 28.8 Å². The summed E-state index contributed by atoms with van der Waals surface area (Å²) in [5, 5.41) is 16.0. The number of aryl methyl sites for hydroxylation is 2. The molecule has 3 rings (SSSR count). The number of nitrogens with one attached hydrogen (secondary N) is 1. The zero-order valence-corrected chi connectivity index (χ0v) is 20.2. The standard InChI is InChI=1S/C22H23N5O7S/c1-11-18(21(32)33-4)35-22(23-11)27(3)16(28)9-15(10-17(29)30)25-20(31)14-7-5-6-13(8-14)19-24-12(2)34-26-19/h5-8,15H,9-10H2,1-4H3,(H,25,31)(H,29,30)/t15-/m0/s1. The van der Waals surface area contributed by atoms with Gasteiger partial charge in [-0.05, 0) is 19.1 Å². The van der Waals surface area contributed by atoms with Crippen molar-refractivity contribution in [3.05, 3.63) is 46.3 Å². The minimum Gasteiger partial charge on any atom is -0.481 e. The summed E-state index contributed by atoms with van der Waals surface area (Å²) in [7, 11) is 2.70. The van der Waals surface area contributed by atoms with Crippen molar-refractivity contribution in [1.82, 2.24) is 20.4 Å². The molecular weight excluding hydrogens is 478 g/mol. The van der Waals surface area contributed by atoms with Gasteiger partial charge in [-0.1, -0.05) is 28.6 Å². The number of methoxy groups -OCH3 is 1. The number of anilines is 1. The molecule has 0 saturated heterocycles. The number of hydrogen-bond acceptors (Lipinski definition) is 10. The Morgan fingerprint density at radius 2 is 1.94 bits per heavy atom. The van der Waals surface area contributed by atoms with Gasteiger partial charge < -0.3 is 19.7 Å². The molecule has 0 aliphatic heterocycles. The van der Waals surface area contributed by atoms with Gasteiger partial charge in [0.25, 0.3) is 5.91 Å². The van der Waals surface area contributed by atoms with E-state index in [0.29, 0.717) is 23.0 Å². The molecule has 1 atom stereocenters. The van der Waals surface area contributed by atoms with Gasteiger partial charge in [0.15, 0.2) is 5.13 Å². The zero-order chi connectivity index (χ0) is 25.7. The van der Waals surface area contributed by atoms with Gasteiger partial charge in [-0.25, -0.2) is 9.78 Å². The summed E-state index contributed by atoms with van der Waals surface area (Å²) in [6.07, 6.45) is -0.774. The second-order valence-electron chi connectivity index (χ2n) is 7.55. The molecule has 0 saturated carbocycles. The molecule has 0 radical (unpaired) electrons. The Hall–Kier alpha value is -4.13. The molecular formula is C22H23N5O7S. The first-order valence-electron chi connectivity index (χ1n) is 10.3. The molecule has 13 heteroatoms. The molecule has 3 aromatic rings. The molecule has 0 aliphatic carbocycles. The average Bonchev–Trinajstić information content (AvgIpc) is 3.43. The third-order valence-corrected chi connectivity index (χ3v) is 6.12. The number of carboxylic acid groups (broad SMARTS) is 1. The van der Waals surface area contributed by atoms with E-state index in [1.165, 1.54) is 25.1 Å². The van der Waals surface area contributed by atoms with Gasteiger partial charge in [-0.15, -0.1) is 0 Å². The van der Waals surface area contributed by atoms with Crippen LogP contribution in [-0.4, -0.2) is 64.2 Å². The number of rotatable bonds is 9. The van der Waals surface area contributed by atoms with E-state index >= 15 is 0 Å².